The minimum Gasteiger partial charge on any atom is -0.334 e. The van der Waals surface area contributed by atoms with Gasteiger partial charge in [0.1, 0.15) is 6.33 Å². The summed E-state index contributed by atoms with van der Waals surface area (Å²) in [5.74, 6) is -0.191. The molecule has 2 aromatic carbocycles. The molecule has 0 aliphatic rings. The molecule has 0 radical (unpaired) electrons. The van der Waals surface area contributed by atoms with Crippen LogP contribution in [0.4, 0.5) is 41.9 Å². The second kappa shape index (κ2) is 7.28. The lowest BCUT2D eigenvalue weighted by molar-refractivity contribution is -0.383. The molecule has 0 saturated carbocycles. The molecule has 10 heteroatoms. The molecule has 0 aliphatic heterocycles. The maximum absolute atomic E-state index is 12.6. The predicted molar refractivity (Wildman–Crippen MR) is 93.1 cm³/mol. The molecule has 3 aromatic rings. The second-order valence-corrected chi connectivity index (χ2v) is 5.37. The fraction of sp³-hybridized carbons (Fsp3) is 0.0588. The first-order valence-electron chi connectivity index (χ1n) is 7.60. The van der Waals surface area contributed by atoms with Gasteiger partial charge in [0.05, 0.1) is 10.5 Å². The van der Waals surface area contributed by atoms with Crippen molar-refractivity contribution in [1.82, 2.24) is 9.97 Å². The van der Waals surface area contributed by atoms with Gasteiger partial charge in [-0.3, -0.25) is 10.1 Å². The third kappa shape index (κ3) is 4.29. The highest BCUT2D eigenvalue weighted by Gasteiger charge is 2.30. The van der Waals surface area contributed by atoms with Gasteiger partial charge in [0, 0.05) is 11.4 Å². The lowest BCUT2D eigenvalue weighted by Gasteiger charge is -2.11. The van der Waals surface area contributed by atoms with Crippen LogP contribution in [0.2, 0.25) is 0 Å². The van der Waals surface area contributed by atoms with E-state index in [-0.39, 0.29) is 17.3 Å². The summed E-state index contributed by atoms with van der Waals surface area (Å²) in [5.41, 5.74) is -0.451. The summed E-state index contributed by atoms with van der Waals surface area (Å²) in [6.45, 7) is 0. The Hall–Kier alpha value is -3.69. The molecule has 0 fully saturated rings. The number of para-hydroxylation sites is 1. The molecule has 138 valence electrons. The number of aromatic nitrogens is 2. The van der Waals surface area contributed by atoms with Crippen molar-refractivity contribution in [2.75, 3.05) is 10.6 Å². The SMILES string of the molecule is O=[N+]([O-])c1c(Nc2ccccc2)ncnc1Nc1ccc(C(F)(F)F)cc1. The van der Waals surface area contributed by atoms with E-state index < -0.39 is 22.4 Å². The van der Waals surface area contributed by atoms with E-state index in [1.807, 2.05) is 0 Å². The van der Waals surface area contributed by atoms with Crippen LogP contribution in [0.3, 0.4) is 0 Å². The average Bonchev–Trinajstić information content (AvgIpc) is 2.62. The van der Waals surface area contributed by atoms with Crippen LogP contribution in [0, 0.1) is 10.1 Å². The van der Waals surface area contributed by atoms with Crippen molar-refractivity contribution in [3.05, 3.63) is 76.6 Å². The van der Waals surface area contributed by atoms with E-state index in [2.05, 4.69) is 20.6 Å². The second-order valence-electron chi connectivity index (χ2n) is 5.37. The standard InChI is InChI=1S/C17H12F3N5O2/c18-17(19,20)11-6-8-13(9-7-11)24-16-14(25(26)27)15(21-10-22-16)23-12-4-2-1-3-5-12/h1-10H,(H2,21,22,23,24). The Balaban J connectivity index is 1.91. The van der Waals surface area contributed by atoms with E-state index in [4.69, 9.17) is 0 Å². The zero-order valence-corrected chi connectivity index (χ0v) is 13.6. The summed E-state index contributed by atoms with van der Waals surface area (Å²) in [5, 5.41) is 17.0. The van der Waals surface area contributed by atoms with Crippen molar-refractivity contribution in [1.29, 1.82) is 0 Å². The van der Waals surface area contributed by atoms with Crippen molar-refractivity contribution >= 4 is 28.7 Å². The van der Waals surface area contributed by atoms with Crippen molar-refractivity contribution in [2.24, 2.45) is 0 Å². The van der Waals surface area contributed by atoms with Gasteiger partial charge in [-0.05, 0) is 36.4 Å². The number of nitro groups is 1. The van der Waals surface area contributed by atoms with Crippen LogP contribution in [0.1, 0.15) is 5.56 Å². The quantitative estimate of drug-likeness (QED) is 0.487. The van der Waals surface area contributed by atoms with E-state index in [0.29, 0.717) is 5.69 Å². The molecule has 1 heterocycles. The average molecular weight is 375 g/mol. The minimum atomic E-state index is -4.47. The molecule has 7 nitrogen and oxygen atoms in total. The van der Waals surface area contributed by atoms with Gasteiger partial charge in [-0.15, -0.1) is 0 Å². The van der Waals surface area contributed by atoms with Crippen molar-refractivity contribution in [3.63, 3.8) is 0 Å². The molecule has 2 N–H and O–H groups in total. The number of anilines is 4. The van der Waals surface area contributed by atoms with Crippen LogP contribution in [-0.4, -0.2) is 14.9 Å². The Kier molecular flexibility index (Phi) is 4.88. The monoisotopic (exact) mass is 375 g/mol. The molecule has 0 unspecified atom stereocenters. The van der Waals surface area contributed by atoms with Crippen molar-refractivity contribution in [3.8, 4) is 0 Å². The highest BCUT2D eigenvalue weighted by Crippen LogP contribution is 2.34. The molecule has 0 saturated heterocycles. The number of hydrogen-bond donors (Lipinski definition) is 2. The third-order valence-electron chi connectivity index (χ3n) is 3.52. The molecular formula is C17H12F3N5O2. The number of nitrogens with one attached hydrogen (secondary N) is 2. The Morgan fingerprint density at radius 3 is 1.85 bits per heavy atom. The van der Waals surface area contributed by atoms with Gasteiger partial charge in [0.15, 0.2) is 0 Å². The van der Waals surface area contributed by atoms with Crippen LogP contribution >= 0.6 is 0 Å². The van der Waals surface area contributed by atoms with E-state index in [1.54, 1.807) is 30.3 Å². The zero-order valence-electron chi connectivity index (χ0n) is 13.6. The van der Waals surface area contributed by atoms with Crippen LogP contribution < -0.4 is 10.6 Å². The minimum absolute atomic E-state index is 0.0457. The molecule has 0 amide bonds. The maximum Gasteiger partial charge on any atom is 0.416 e. The van der Waals surface area contributed by atoms with Gasteiger partial charge in [0.25, 0.3) is 0 Å². The number of alkyl halides is 3. The highest BCUT2D eigenvalue weighted by molar-refractivity contribution is 5.76. The van der Waals surface area contributed by atoms with Crippen molar-refractivity contribution < 1.29 is 18.1 Å². The van der Waals surface area contributed by atoms with E-state index in [0.717, 1.165) is 18.5 Å². The molecule has 3 rings (SSSR count). The topological polar surface area (TPSA) is 93.0 Å². The van der Waals surface area contributed by atoms with Gasteiger partial charge < -0.3 is 10.6 Å². The number of benzene rings is 2. The van der Waals surface area contributed by atoms with Gasteiger partial charge >= 0.3 is 11.9 Å². The lowest BCUT2D eigenvalue weighted by Crippen LogP contribution is -2.06. The smallest absolute Gasteiger partial charge is 0.334 e. The van der Waals surface area contributed by atoms with Crippen LogP contribution in [0.5, 0.6) is 0 Å². The van der Waals surface area contributed by atoms with Crippen molar-refractivity contribution in [2.45, 2.75) is 6.18 Å². The van der Waals surface area contributed by atoms with Crippen LogP contribution in [-0.2, 0) is 6.18 Å². The molecule has 1 aromatic heterocycles. The molecule has 0 atom stereocenters. The number of hydrogen-bond acceptors (Lipinski definition) is 6. The lowest BCUT2D eigenvalue weighted by atomic mass is 10.2. The summed E-state index contributed by atoms with van der Waals surface area (Å²) in [6, 6.07) is 12.8. The van der Waals surface area contributed by atoms with E-state index in [9.17, 15) is 23.3 Å². The number of rotatable bonds is 5. The maximum atomic E-state index is 12.6. The fourth-order valence-corrected chi connectivity index (χ4v) is 2.27. The van der Waals surface area contributed by atoms with Gasteiger partial charge in [-0.1, -0.05) is 18.2 Å². The zero-order chi connectivity index (χ0) is 19.4. The molecule has 27 heavy (non-hydrogen) atoms. The van der Waals surface area contributed by atoms with Crippen LogP contribution in [0.25, 0.3) is 0 Å². The first-order valence-corrected chi connectivity index (χ1v) is 7.60. The van der Waals surface area contributed by atoms with Gasteiger partial charge in [-0.25, -0.2) is 9.97 Å². The first-order chi connectivity index (χ1) is 12.8. The third-order valence-corrected chi connectivity index (χ3v) is 3.52. The summed E-state index contributed by atoms with van der Waals surface area (Å²) in [7, 11) is 0. The summed E-state index contributed by atoms with van der Waals surface area (Å²) >= 11 is 0. The predicted octanol–water partition coefficient (Wildman–Crippen LogP) is 4.89. The largest absolute Gasteiger partial charge is 0.416 e. The normalized spacial score (nSPS) is 11.1. The van der Waals surface area contributed by atoms with Gasteiger partial charge in [-0.2, -0.15) is 13.2 Å². The van der Waals surface area contributed by atoms with Gasteiger partial charge in [0.2, 0.25) is 11.6 Å². The number of halogens is 3. The molecule has 0 aliphatic carbocycles. The Morgan fingerprint density at radius 1 is 0.852 bits per heavy atom. The Bertz CT molecular complexity index is 947. The molecule has 0 spiro atoms. The summed E-state index contributed by atoms with van der Waals surface area (Å²) in [4.78, 5) is 18.6. The fourth-order valence-electron chi connectivity index (χ4n) is 2.27. The van der Waals surface area contributed by atoms with Crippen LogP contribution in [0.15, 0.2) is 60.9 Å². The van der Waals surface area contributed by atoms with E-state index in [1.165, 1.54) is 12.1 Å². The first kappa shape index (κ1) is 18.1. The van der Waals surface area contributed by atoms with E-state index >= 15 is 0 Å². The number of nitrogens with zero attached hydrogens (tertiary/aromatic N) is 3. The Labute approximate surface area is 151 Å². The molecular weight excluding hydrogens is 363 g/mol. The highest BCUT2D eigenvalue weighted by atomic mass is 19.4. The summed E-state index contributed by atoms with van der Waals surface area (Å²) in [6.07, 6.45) is -3.35. The summed E-state index contributed by atoms with van der Waals surface area (Å²) < 4.78 is 37.9. The molecule has 0 bridgehead atoms. The Morgan fingerprint density at radius 2 is 1.37 bits per heavy atom.